The molecule has 2 aliphatic rings. The van der Waals surface area contributed by atoms with Crippen LogP contribution >= 0.6 is 24.0 Å². The first-order chi connectivity index (χ1) is 12.2. The number of likely N-dealkylation sites (tertiary alicyclic amines) is 1. The van der Waals surface area contributed by atoms with Crippen molar-refractivity contribution < 1.29 is 9.53 Å². The molecule has 0 aromatic rings. The zero-order chi connectivity index (χ0) is 17.9. The molecule has 3 N–H and O–H groups in total. The molecule has 1 saturated carbocycles. The van der Waals surface area contributed by atoms with Crippen LogP contribution in [0.5, 0.6) is 0 Å². The predicted molar refractivity (Wildman–Crippen MR) is 116 cm³/mol. The van der Waals surface area contributed by atoms with E-state index in [0.29, 0.717) is 19.0 Å². The normalized spacial score (nSPS) is 18.9. The van der Waals surface area contributed by atoms with Crippen LogP contribution in [0.2, 0.25) is 0 Å². The summed E-state index contributed by atoms with van der Waals surface area (Å²) in [4.78, 5) is 18.8. The highest BCUT2D eigenvalue weighted by molar-refractivity contribution is 14.0. The Labute approximate surface area is 175 Å². The second kappa shape index (κ2) is 13.5. The molecule has 0 bridgehead atoms. The highest BCUT2D eigenvalue weighted by atomic mass is 127. The molecule has 0 atom stereocenters. The number of ether oxygens (including phenoxy) is 1. The van der Waals surface area contributed by atoms with E-state index in [1.165, 1.54) is 12.8 Å². The van der Waals surface area contributed by atoms with Gasteiger partial charge in [-0.3, -0.25) is 9.79 Å². The third-order valence-electron chi connectivity index (χ3n) is 4.84. The van der Waals surface area contributed by atoms with Gasteiger partial charge < -0.3 is 25.6 Å². The van der Waals surface area contributed by atoms with E-state index in [1.54, 1.807) is 7.11 Å². The smallest absolute Gasteiger partial charge is 0.223 e. The van der Waals surface area contributed by atoms with Crippen LogP contribution in [0.1, 0.15) is 32.6 Å². The van der Waals surface area contributed by atoms with E-state index in [2.05, 4.69) is 27.8 Å². The van der Waals surface area contributed by atoms with Crippen molar-refractivity contribution in [3.8, 4) is 0 Å². The number of nitrogens with one attached hydrogen (secondary N) is 3. The van der Waals surface area contributed by atoms with E-state index in [4.69, 9.17) is 9.73 Å². The van der Waals surface area contributed by atoms with Crippen molar-refractivity contribution in [1.82, 2.24) is 20.9 Å². The summed E-state index contributed by atoms with van der Waals surface area (Å²) in [6.45, 7) is 9.26. The van der Waals surface area contributed by atoms with Crippen LogP contribution in [0.3, 0.4) is 0 Å². The molecule has 1 aliphatic heterocycles. The predicted octanol–water partition coefficient (Wildman–Crippen LogP) is 1.04. The van der Waals surface area contributed by atoms with Crippen molar-refractivity contribution in [2.45, 2.75) is 32.6 Å². The zero-order valence-electron chi connectivity index (χ0n) is 16.3. The Kier molecular flexibility index (Phi) is 12.2. The summed E-state index contributed by atoms with van der Waals surface area (Å²) < 4.78 is 5.15. The van der Waals surface area contributed by atoms with Gasteiger partial charge in [0, 0.05) is 45.8 Å². The number of nitrogens with zero attached hydrogens (tertiary/aromatic N) is 2. The average Bonchev–Trinajstić information content (AvgIpc) is 3.47. The summed E-state index contributed by atoms with van der Waals surface area (Å²) in [7, 11) is 1.76. The highest BCUT2D eigenvalue weighted by Gasteiger charge is 2.29. The maximum Gasteiger partial charge on any atom is 0.223 e. The van der Waals surface area contributed by atoms with Crippen LogP contribution < -0.4 is 16.0 Å². The van der Waals surface area contributed by atoms with Crippen LogP contribution in [0.15, 0.2) is 4.99 Å². The quantitative estimate of drug-likeness (QED) is 0.188. The van der Waals surface area contributed by atoms with E-state index in [0.717, 1.165) is 58.1 Å². The van der Waals surface area contributed by atoms with Crippen molar-refractivity contribution in [3.05, 3.63) is 0 Å². The number of carbonyl (C=O) groups is 1. The maximum atomic E-state index is 11.6. The van der Waals surface area contributed by atoms with Crippen LogP contribution in [-0.2, 0) is 9.53 Å². The molecule has 152 valence electrons. The molecule has 0 aromatic carbocycles. The largest absolute Gasteiger partial charge is 0.383 e. The molecule has 1 heterocycles. The third-order valence-corrected chi connectivity index (χ3v) is 4.84. The first-order valence-electron chi connectivity index (χ1n) is 9.74. The lowest BCUT2D eigenvalue weighted by molar-refractivity contribution is -0.122. The number of halogens is 1. The summed E-state index contributed by atoms with van der Waals surface area (Å²) in [5.74, 6) is 1.98. The van der Waals surface area contributed by atoms with Gasteiger partial charge in [-0.1, -0.05) is 0 Å². The number of hydrogen-bond donors (Lipinski definition) is 3. The first-order valence-corrected chi connectivity index (χ1v) is 9.74. The number of guanidine groups is 1. The number of aliphatic imine (C=N–C) groups is 1. The van der Waals surface area contributed by atoms with Gasteiger partial charge in [0.25, 0.3) is 0 Å². The molecule has 0 unspecified atom stereocenters. The SMILES string of the molecule is CCNC(=NCC1CCN(CCOC)CC1)NCCNC(=O)C1CC1.I. The molecule has 2 fully saturated rings. The highest BCUT2D eigenvalue weighted by Crippen LogP contribution is 2.28. The van der Waals surface area contributed by atoms with Crippen molar-refractivity contribution in [2.24, 2.45) is 16.8 Å². The minimum absolute atomic E-state index is 0. The van der Waals surface area contributed by atoms with Gasteiger partial charge in [0.05, 0.1) is 6.61 Å². The summed E-state index contributed by atoms with van der Waals surface area (Å²) >= 11 is 0. The molecular weight excluding hydrogens is 445 g/mol. The van der Waals surface area contributed by atoms with Crippen LogP contribution in [0.25, 0.3) is 0 Å². The van der Waals surface area contributed by atoms with Crippen molar-refractivity contribution in [1.29, 1.82) is 0 Å². The monoisotopic (exact) mass is 481 g/mol. The average molecular weight is 481 g/mol. The van der Waals surface area contributed by atoms with Crippen molar-refractivity contribution in [2.75, 3.05) is 59.5 Å². The molecular formula is C18H36IN5O2. The minimum atomic E-state index is 0. The number of carbonyl (C=O) groups excluding carboxylic acids is 1. The Balaban J connectivity index is 0.00000338. The summed E-state index contributed by atoms with van der Waals surface area (Å²) in [5, 5.41) is 9.56. The van der Waals surface area contributed by atoms with E-state index < -0.39 is 0 Å². The Bertz CT molecular complexity index is 424. The molecule has 1 saturated heterocycles. The lowest BCUT2D eigenvalue weighted by atomic mass is 9.97. The molecule has 0 aromatic heterocycles. The molecule has 0 radical (unpaired) electrons. The van der Waals surface area contributed by atoms with Gasteiger partial charge >= 0.3 is 0 Å². The Morgan fingerprint density at radius 3 is 2.42 bits per heavy atom. The van der Waals surface area contributed by atoms with Gasteiger partial charge in [-0.15, -0.1) is 24.0 Å². The lowest BCUT2D eigenvalue weighted by Crippen LogP contribution is -2.42. The minimum Gasteiger partial charge on any atom is -0.383 e. The number of rotatable bonds is 10. The van der Waals surface area contributed by atoms with Gasteiger partial charge in [-0.2, -0.15) is 0 Å². The second-order valence-electron chi connectivity index (χ2n) is 6.99. The molecule has 1 amide bonds. The molecule has 7 nitrogen and oxygen atoms in total. The number of piperidine rings is 1. The number of amides is 1. The van der Waals surface area contributed by atoms with Crippen LogP contribution in [-0.4, -0.2) is 76.3 Å². The van der Waals surface area contributed by atoms with E-state index in [-0.39, 0.29) is 35.8 Å². The summed E-state index contributed by atoms with van der Waals surface area (Å²) in [6, 6.07) is 0. The van der Waals surface area contributed by atoms with Crippen LogP contribution in [0.4, 0.5) is 0 Å². The second-order valence-corrected chi connectivity index (χ2v) is 6.99. The topological polar surface area (TPSA) is 78.0 Å². The van der Waals surface area contributed by atoms with Gasteiger partial charge in [-0.05, 0) is 51.6 Å². The molecule has 8 heteroatoms. The molecule has 1 aliphatic carbocycles. The third kappa shape index (κ3) is 9.36. The zero-order valence-corrected chi connectivity index (χ0v) is 18.6. The first kappa shape index (κ1) is 23.4. The molecule has 0 spiro atoms. The lowest BCUT2D eigenvalue weighted by Gasteiger charge is -2.31. The fourth-order valence-corrected chi connectivity index (χ4v) is 3.03. The van der Waals surface area contributed by atoms with E-state index in [1.807, 2.05) is 0 Å². The van der Waals surface area contributed by atoms with Gasteiger partial charge in [-0.25, -0.2) is 0 Å². The van der Waals surface area contributed by atoms with E-state index >= 15 is 0 Å². The number of methoxy groups -OCH3 is 1. The Hall–Kier alpha value is -0.610. The van der Waals surface area contributed by atoms with E-state index in [9.17, 15) is 4.79 Å². The van der Waals surface area contributed by atoms with Crippen LogP contribution in [0, 0.1) is 11.8 Å². The molecule has 26 heavy (non-hydrogen) atoms. The van der Waals surface area contributed by atoms with Crippen molar-refractivity contribution in [3.63, 3.8) is 0 Å². The summed E-state index contributed by atoms with van der Waals surface area (Å²) in [5.41, 5.74) is 0. The Morgan fingerprint density at radius 1 is 1.12 bits per heavy atom. The summed E-state index contributed by atoms with van der Waals surface area (Å²) in [6.07, 6.45) is 4.50. The maximum absolute atomic E-state index is 11.6. The Morgan fingerprint density at radius 2 is 1.81 bits per heavy atom. The van der Waals surface area contributed by atoms with Gasteiger partial charge in [0.1, 0.15) is 0 Å². The van der Waals surface area contributed by atoms with Gasteiger partial charge in [0.15, 0.2) is 5.96 Å². The fourth-order valence-electron chi connectivity index (χ4n) is 3.03. The standard InChI is InChI=1S/C18H35N5O2.HI/c1-3-19-18(21-9-8-20-17(24)16-4-5-16)22-14-15-6-10-23(11-7-15)12-13-25-2;/h15-16H,3-14H2,1-2H3,(H,20,24)(H2,19,21,22);1H. The molecule has 2 rings (SSSR count). The van der Waals surface area contributed by atoms with Gasteiger partial charge in [0.2, 0.25) is 5.91 Å². The fraction of sp³-hybridized carbons (Fsp3) is 0.889. The van der Waals surface area contributed by atoms with Crippen molar-refractivity contribution >= 4 is 35.8 Å². The number of hydrogen-bond acceptors (Lipinski definition) is 4.